The van der Waals surface area contributed by atoms with E-state index in [4.69, 9.17) is 0 Å². The second-order valence-electron chi connectivity index (χ2n) is 5.07. The van der Waals surface area contributed by atoms with E-state index in [1.807, 2.05) is 0 Å². The first-order valence-electron chi connectivity index (χ1n) is 7.17. The quantitative estimate of drug-likeness (QED) is 0.520. The first-order chi connectivity index (χ1) is 11.6. The molecule has 0 N–H and O–H groups in total. The van der Waals surface area contributed by atoms with Crippen LogP contribution in [0.4, 0.5) is 8.78 Å². The summed E-state index contributed by atoms with van der Waals surface area (Å²) in [7, 11) is 0. The molecule has 0 amide bonds. The molecule has 1 heterocycles. The zero-order valence-electron chi connectivity index (χ0n) is 12.7. The summed E-state index contributed by atoms with van der Waals surface area (Å²) in [4.78, 5) is 12.4. The van der Waals surface area contributed by atoms with Crippen LogP contribution in [0.15, 0.2) is 60.0 Å². The normalized spacial score (nSPS) is 12.1. The van der Waals surface area contributed by atoms with Gasteiger partial charge in [0.15, 0.2) is 10.9 Å². The maximum atomic E-state index is 13.9. The number of Topliss-reactive ketones (excluding diaryl/α,β-unsaturated/α-hetero) is 1. The minimum atomic E-state index is -0.481. The molecule has 0 aliphatic rings. The molecule has 3 rings (SSSR count). The van der Waals surface area contributed by atoms with Crippen LogP contribution in [-0.4, -0.2) is 25.8 Å². The number of carbonyl (C=O) groups excluding carboxylic acids is 1. The molecule has 1 aromatic heterocycles. The van der Waals surface area contributed by atoms with Crippen molar-refractivity contribution in [2.24, 2.45) is 0 Å². The number of hydrogen-bond acceptors (Lipinski definition) is 4. The molecule has 0 unspecified atom stereocenters. The van der Waals surface area contributed by atoms with Gasteiger partial charge in [-0.05, 0) is 43.3 Å². The lowest BCUT2D eigenvalue weighted by atomic mass is 10.1. The molecule has 122 valence electrons. The second kappa shape index (κ2) is 6.92. The molecule has 0 aliphatic carbocycles. The Kier molecular flexibility index (Phi) is 4.71. The highest BCUT2D eigenvalue weighted by Crippen LogP contribution is 2.26. The third kappa shape index (κ3) is 3.35. The van der Waals surface area contributed by atoms with Crippen molar-refractivity contribution in [3.05, 3.63) is 72.1 Å². The molecule has 0 bridgehead atoms. The number of ketones is 1. The van der Waals surface area contributed by atoms with Gasteiger partial charge in [-0.25, -0.2) is 8.78 Å². The van der Waals surface area contributed by atoms with Gasteiger partial charge in [-0.2, -0.15) is 0 Å². The van der Waals surface area contributed by atoms with Crippen molar-refractivity contribution < 1.29 is 13.6 Å². The predicted molar refractivity (Wildman–Crippen MR) is 87.4 cm³/mol. The Morgan fingerprint density at radius 2 is 1.83 bits per heavy atom. The Hall–Kier alpha value is -2.54. The lowest BCUT2D eigenvalue weighted by molar-refractivity contribution is 0.0994. The van der Waals surface area contributed by atoms with E-state index in [0.717, 1.165) is 0 Å². The van der Waals surface area contributed by atoms with Gasteiger partial charge in [0.05, 0.1) is 10.9 Å². The van der Waals surface area contributed by atoms with Crippen LogP contribution in [0, 0.1) is 11.6 Å². The van der Waals surface area contributed by atoms with E-state index < -0.39 is 16.9 Å². The number of benzene rings is 2. The molecule has 4 nitrogen and oxygen atoms in total. The maximum absolute atomic E-state index is 13.9. The standard InChI is InChI=1S/C17H13F2N3OS/c1-11(16(23)12-6-8-13(18)9-7-12)24-17-21-20-10-22(17)15-5-3-2-4-14(15)19/h2-11H,1H3/t11-/m0/s1. The number of para-hydroxylation sites is 1. The van der Waals surface area contributed by atoms with Crippen LogP contribution in [0.5, 0.6) is 0 Å². The first kappa shape index (κ1) is 16.3. The number of aromatic nitrogens is 3. The van der Waals surface area contributed by atoms with E-state index >= 15 is 0 Å². The number of halogens is 2. The second-order valence-corrected chi connectivity index (χ2v) is 6.37. The van der Waals surface area contributed by atoms with Crippen LogP contribution in [0.1, 0.15) is 17.3 Å². The molecule has 0 aliphatic heterocycles. The SMILES string of the molecule is C[C@H](Sc1nncn1-c1ccccc1F)C(=O)c1ccc(F)cc1. The van der Waals surface area contributed by atoms with Crippen LogP contribution in [0.25, 0.3) is 5.69 Å². The van der Waals surface area contributed by atoms with Gasteiger partial charge in [0, 0.05) is 5.56 Å². The van der Waals surface area contributed by atoms with Gasteiger partial charge in [-0.1, -0.05) is 23.9 Å². The highest BCUT2D eigenvalue weighted by atomic mass is 32.2. The number of nitrogens with zero attached hydrogens (tertiary/aromatic N) is 3. The summed E-state index contributed by atoms with van der Waals surface area (Å²) in [6.07, 6.45) is 1.40. The van der Waals surface area contributed by atoms with Gasteiger partial charge < -0.3 is 0 Å². The van der Waals surface area contributed by atoms with Gasteiger partial charge in [-0.3, -0.25) is 9.36 Å². The fourth-order valence-electron chi connectivity index (χ4n) is 2.18. The molecule has 0 saturated carbocycles. The molecule has 3 aromatic rings. The van der Waals surface area contributed by atoms with E-state index in [-0.39, 0.29) is 5.78 Å². The molecule has 0 fully saturated rings. The maximum Gasteiger partial charge on any atom is 0.196 e. The van der Waals surface area contributed by atoms with Crippen LogP contribution in [0.3, 0.4) is 0 Å². The Balaban J connectivity index is 1.82. The molecule has 24 heavy (non-hydrogen) atoms. The summed E-state index contributed by atoms with van der Waals surface area (Å²) in [5.74, 6) is -0.967. The van der Waals surface area contributed by atoms with Crippen molar-refractivity contribution in [2.45, 2.75) is 17.3 Å². The zero-order chi connectivity index (χ0) is 17.1. The number of thioether (sulfide) groups is 1. The summed E-state index contributed by atoms with van der Waals surface area (Å²) >= 11 is 1.17. The molecular formula is C17H13F2N3OS. The summed E-state index contributed by atoms with van der Waals surface area (Å²) in [6, 6.07) is 11.6. The third-order valence-corrected chi connectivity index (χ3v) is 4.47. The smallest absolute Gasteiger partial charge is 0.196 e. The average Bonchev–Trinajstić information content (AvgIpc) is 3.03. The Morgan fingerprint density at radius 3 is 2.54 bits per heavy atom. The van der Waals surface area contributed by atoms with Gasteiger partial charge in [0.2, 0.25) is 0 Å². The molecule has 1 atom stereocenters. The fourth-order valence-corrected chi connectivity index (χ4v) is 3.09. The van der Waals surface area contributed by atoms with Gasteiger partial charge in [-0.15, -0.1) is 10.2 Å². The van der Waals surface area contributed by atoms with E-state index in [2.05, 4.69) is 10.2 Å². The van der Waals surface area contributed by atoms with Gasteiger partial charge in [0.25, 0.3) is 0 Å². The largest absolute Gasteiger partial charge is 0.293 e. The fraction of sp³-hybridized carbons (Fsp3) is 0.118. The topological polar surface area (TPSA) is 47.8 Å². The van der Waals surface area contributed by atoms with Crippen molar-refractivity contribution >= 4 is 17.5 Å². The highest BCUT2D eigenvalue weighted by Gasteiger charge is 2.20. The van der Waals surface area contributed by atoms with Crippen LogP contribution >= 0.6 is 11.8 Å². The van der Waals surface area contributed by atoms with Crippen molar-refractivity contribution in [3.8, 4) is 5.69 Å². The third-order valence-electron chi connectivity index (χ3n) is 3.41. The van der Waals surface area contributed by atoms with E-state index in [1.165, 1.54) is 53.0 Å². The lowest BCUT2D eigenvalue weighted by Crippen LogP contribution is -2.14. The van der Waals surface area contributed by atoms with Crippen LogP contribution in [-0.2, 0) is 0 Å². The molecule has 0 radical (unpaired) electrons. The number of hydrogen-bond donors (Lipinski definition) is 0. The van der Waals surface area contributed by atoms with Gasteiger partial charge in [0.1, 0.15) is 18.0 Å². The summed E-state index contributed by atoms with van der Waals surface area (Å²) in [6.45, 7) is 1.72. The monoisotopic (exact) mass is 345 g/mol. The minimum absolute atomic E-state index is 0.164. The number of rotatable bonds is 5. The van der Waals surface area contributed by atoms with E-state index in [0.29, 0.717) is 16.4 Å². The highest BCUT2D eigenvalue weighted by molar-refractivity contribution is 8.00. The molecular weight excluding hydrogens is 332 g/mol. The van der Waals surface area contributed by atoms with Crippen molar-refractivity contribution in [1.29, 1.82) is 0 Å². The summed E-state index contributed by atoms with van der Waals surface area (Å²) in [5.41, 5.74) is 0.722. The molecule has 7 heteroatoms. The first-order valence-corrected chi connectivity index (χ1v) is 8.05. The minimum Gasteiger partial charge on any atom is -0.293 e. The van der Waals surface area contributed by atoms with Gasteiger partial charge >= 0.3 is 0 Å². The predicted octanol–water partition coefficient (Wildman–Crippen LogP) is 3.91. The molecule has 0 spiro atoms. The van der Waals surface area contributed by atoms with Crippen molar-refractivity contribution in [1.82, 2.24) is 14.8 Å². The van der Waals surface area contributed by atoms with E-state index in [9.17, 15) is 13.6 Å². The van der Waals surface area contributed by atoms with Crippen LogP contribution in [0.2, 0.25) is 0 Å². The molecule has 0 saturated heterocycles. The van der Waals surface area contributed by atoms with Crippen LogP contribution < -0.4 is 0 Å². The Bertz CT molecular complexity index is 864. The summed E-state index contributed by atoms with van der Waals surface area (Å²) < 4.78 is 28.4. The van der Waals surface area contributed by atoms with Crippen molar-refractivity contribution in [2.75, 3.05) is 0 Å². The summed E-state index contributed by atoms with van der Waals surface area (Å²) in [5, 5.41) is 7.69. The number of carbonyl (C=O) groups is 1. The zero-order valence-corrected chi connectivity index (χ0v) is 13.5. The Morgan fingerprint density at radius 1 is 1.12 bits per heavy atom. The average molecular weight is 345 g/mol. The lowest BCUT2D eigenvalue weighted by Gasteiger charge is -2.11. The van der Waals surface area contributed by atoms with E-state index in [1.54, 1.807) is 25.1 Å². The molecule has 2 aromatic carbocycles. The van der Waals surface area contributed by atoms with Crippen molar-refractivity contribution in [3.63, 3.8) is 0 Å². The Labute approximate surface area is 141 Å².